The van der Waals surface area contributed by atoms with Gasteiger partial charge in [0.2, 0.25) is 5.91 Å². The maximum atomic E-state index is 11.3. The Balaban J connectivity index is 0.00000385. The number of nitrogens with one attached hydrogen (secondary N) is 1. The Kier molecular flexibility index (Phi) is 12.3. The Labute approximate surface area is 215 Å². The molecule has 186 valence electrons. The van der Waals surface area contributed by atoms with Gasteiger partial charge >= 0.3 is 0 Å². The monoisotopic (exact) mass is 573 g/mol. The van der Waals surface area contributed by atoms with Gasteiger partial charge < -0.3 is 25.4 Å². The molecule has 3 N–H and O–H groups in total. The van der Waals surface area contributed by atoms with Crippen LogP contribution in [-0.4, -0.2) is 81.3 Å². The lowest BCUT2D eigenvalue weighted by molar-refractivity contribution is -0.119. The Morgan fingerprint density at radius 2 is 2.12 bits per heavy atom. The van der Waals surface area contributed by atoms with E-state index in [0.717, 1.165) is 75.8 Å². The van der Waals surface area contributed by atoms with Gasteiger partial charge in [-0.3, -0.25) is 14.7 Å². The molecule has 1 atom stereocenters. The number of benzene rings is 1. The van der Waals surface area contributed by atoms with Crippen LogP contribution in [0, 0.1) is 5.92 Å². The van der Waals surface area contributed by atoms with E-state index in [9.17, 15) is 4.79 Å². The molecule has 2 fully saturated rings. The number of halogens is 1. The molecule has 1 unspecified atom stereocenters. The highest BCUT2D eigenvalue weighted by Gasteiger charge is 2.23. The van der Waals surface area contributed by atoms with Crippen LogP contribution in [-0.2, 0) is 16.1 Å². The van der Waals surface area contributed by atoms with Crippen LogP contribution in [0.1, 0.15) is 37.7 Å². The number of nitrogens with two attached hydrogens (primary N) is 1. The average molecular weight is 574 g/mol. The first-order valence-electron chi connectivity index (χ1n) is 11.8. The first-order valence-corrected chi connectivity index (χ1v) is 11.8. The molecular formula is C24H40IN5O3. The van der Waals surface area contributed by atoms with Crippen molar-refractivity contribution in [1.29, 1.82) is 0 Å². The topological polar surface area (TPSA) is 92.4 Å². The summed E-state index contributed by atoms with van der Waals surface area (Å²) in [5.41, 5.74) is 6.54. The fourth-order valence-electron chi connectivity index (χ4n) is 4.58. The zero-order valence-corrected chi connectivity index (χ0v) is 22.3. The number of amides is 1. The van der Waals surface area contributed by atoms with Crippen LogP contribution in [0.5, 0.6) is 5.75 Å². The molecule has 0 aliphatic carbocycles. The van der Waals surface area contributed by atoms with E-state index in [1.807, 2.05) is 12.1 Å². The lowest BCUT2D eigenvalue weighted by Crippen LogP contribution is -2.46. The summed E-state index contributed by atoms with van der Waals surface area (Å²) in [5.74, 6) is 1.83. The Bertz CT molecular complexity index is 757. The molecule has 9 heteroatoms. The molecule has 33 heavy (non-hydrogen) atoms. The third-order valence-electron chi connectivity index (χ3n) is 6.40. The summed E-state index contributed by atoms with van der Waals surface area (Å²) < 4.78 is 11.5. The van der Waals surface area contributed by atoms with Gasteiger partial charge in [0.25, 0.3) is 0 Å². The number of likely N-dealkylation sites (N-methyl/N-ethyl adjacent to an activating group) is 1. The van der Waals surface area contributed by atoms with Crippen molar-refractivity contribution in [3.63, 3.8) is 0 Å². The van der Waals surface area contributed by atoms with Crippen LogP contribution in [0.4, 0.5) is 0 Å². The lowest BCUT2D eigenvalue weighted by atomic mass is 9.95. The predicted molar refractivity (Wildman–Crippen MR) is 142 cm³/mol. The van der Waals surface area contributed by atoms with Crippen molar-refractivity contribution in [3.05, 3.63) is 29.8 Å². The number of ether oxygens (including phenoxy) is 2. The van der Waals surface area contributed by atoms with Crippen LogP contribution in [0.25, 0.3) is 0 Å². The fourth-order valence-corrected chi connectivity index (χ4v) is 4.58. The second kappa shape index (κ2) is 14.6. The number of likely N-dealkylation sites (tertiary alicyclic amines) is 1. The number of nitrogens with zero attached hydrogens (tertiary/aromatic N) is 3. The van der Waals surface area contributed by atoms with Crippen LogP contribution in [0.15, 0.2) is 29.3 Å². The van der Waals surface area contributed by atoms with Crippen molar-refractivity contribution in [2.75, 3.05) is 53.6 Å². The van der Waals surface area contributed by atoms with Crippen molar-refractivity contribution in [2.24, 2.45) is 16.6 Å². The Morgan fingerprint density at radius 3 is 2.85 bits per heavy atom. The van der Waals surface area contributed by atoms with Crippen LogP contribution in [0.2, 0.25) is 0 Å². The molecule has 1 amide bonds. The first kappa shape index (κ1) is 27.7. The molecule has 2 saturated heterocycles. The molecule has 0 saturated carbocycles. The van der Waals surface area contributed by atoms with Gasteiger partial charge in [-0.15, -0.1) is 24.0 Å². The third kappa shape index (κ3) is 9.29. The van der Waals surface area contributed by atoms with Crippen molar-refractivity contribution in [1.82, 2.24) is 15.1 Å². The summed E-state index contributed by atoms with van der Waals surface area (Å²) in [4.78, 5) is 20.3. The van der Waals surface area contributed by atoms with E-state index in [2.05, 4.69) is 39.3 Å². The van der Waals surface area contributed by atoms with E-state index in [1.54, 1.807) is 7.05 Å². The summed E-state index contributed by atoms with van der Waals surface area (Å²) in [5, 5.41) is 3.46. The van der Waals surface area contributed by atoms with Crippen LogP contribution >= 0.6 is 24.0 Å². The Morgan fingerprint density at radius 1 is 1.33 bits per heavy atom. The van der Waals surface area contributed by atoms with Gasteiger partial charge in [-0.2, -0.15) is 0 Å². The number of aliphatic imine (C=N–C) groups is 1. The highest BCUT2D eigenvalue weighted by Crippen LogP contribution is 2.20. The maximum absolute atomic E-state index is 11.3. The summed E-state index contributed by atoms with van der Waals surface area (Å²) >= 11 is 0. The quantitative estimate of drug-likeness (QED) is 0.268. The zero-order chi connectivity index (χ0) is 22.8. The molecule has 2 aliphatic rings. The number of rotatable bonds is 9. The molecule has 2 heterocycles. The number of hydrogen-bond acceptors (Lipinski definition) is 5. The number of piperidine rings is 1. The normalized spacial score (nSPS) is 19.8. The molecule has 0 radical (unpaired) electrons. The fraction of sp³-hybridized carbons (Fsp3) is 0.667. The minimum atomic E-state index is -0.226. The van der Waals surface area contributed by atoms with Gasteiger partial charge in [-0.25, -0.2) is 0 Å². The SMILES string of the molecule is CN=C(NCc1cccc(OCCN(C)C2CCOCC2)c1)N1CCCC(CC(N)=O)C1.I. The van der Waals surface area contributed by atoms with Crippen molar-refractivity contribution in [2.45, 2.75) is 44.7 Å². The highest BCUT2D eigenvalue weighted by atomic mass is 127. The molecular weight excluding hydrogens is 533 g/mol. The van der Waals surface area contributed by atoms with E-state index in [0.29, 0.717) is 31.5 Å². The summed E-state index contributed by atoms with van der Waals surface area (Å²) in [6, 6.07) is 8.80. The number of primary amides is 1. The van der Waals surface area contributed by atoms with Crippen molar-refractivity contribution < 1.29 is 14.3 Å². The Hall–Kier alpha value is -1.59. The average Bonchev–Trinajstić information content (AvgIpc) is 2.80. The molecule has 1 aromatic rings. The number of carbonyl (C=O) groups is 1. The van der Waals surface area contributed by atoms with Gasteiger partial charge in [0, 0.05) is 58.9 Å². The minimum Gasteiger partial charge on any atom is -0.492 e. The largest absolute Gasteiger partial charge is 0.492 e. The van der Waals surface area contributed by atoms with Crippen molar-refractivity contribution >= 4 is 35.8 Å². The lowest BCUT2D eigenvalue weighted by Gasteiger charge is -2.34. The maximum Gasteiger partial charge on any atom is 0.217 e. The summed E-state index contributed by atoms with van der Waals surface area (Å²) in [6.07, 6.45) is 4.72. The van der Waals surface area contributed by atoms with Crippen molar-refractivity contribution in [3.8, 4) is 5.75 Å². The standard InChI is InChI=1S/C24H39N5O3.HI/c1-26-24(29-10-4-6-20(18-29)16-23(25)30)27-17-19-5-3-7-22(15-19)32-14-11-28(2)21-8-12-31-13-9-21;/h3,5,7,15,20-21H,4,6,8-14,16-18H2,1-2H3,(H2,25,30)(H,26,27);1H. The second-order valence-corrected chi connectivity index (χ2v) is 8.85. The highest BCUT2D eigenvalue weighted by molar-refractivity contribution is 14.0. The van der Waals surface area contributed by atoms with E-state index in [1.165, 1.54) is 0 Å². The molecule has 8 nitrogen and oxygen atoms in total. The summed E-state index contributed by atoms with van der Waals surface area (Å²) in [6.45, 7) is 5.71. The van der Waals surface area contributed by atoms with Gasteiger partial charge in [-0.1, -0.05) is 12.1 Å². The van der Waals surface area contributed by atoms with Crippen LogP contribution < -0.4 is 15.8 Å². The molecule has 0 bridgehead atoms. The van der Waals surface area contributed by atoms with Gasteiger partial charge in [0.15, 0.2) is 5.96 Å². The van der Waals surface area contributed by atoms with Crippen LogP contribution in [0.3, 0.4) is 0 Å². The zero-order valence-electron chi connectivity index (χ0n) is 20.0. The number of hydrogen-bond donors (Lipinski definition) is 2. The molecule has 3 rings (SSSR count). The number of guanidine groups is 1. The van der Waals surface area contributed by atoms with E-state index in [-0.39, 0.29) is 29.9 Å². The molecule has 0 spiro atoms. The minimum absolute atomic E-state index is 0. The predicted octanol–water partition coefficient (Wildman–Crippen LogP) is 2.46. The first-order chi connectivity index (χ1) is 15.5. The smallest absolute Gasteiger partial charge is 0.217 e. The molecule has 0 aromatic heterocycles. The van der Waals surface area contributed by atoms with E-state index >= 15 is 0 Å². The van der Waals surface area contributed by atoms with E-state index in [4.69, 9.17) is 15.2 Å². The number of carbonyl (C=O) groups excluding carboxylic acids is 1. The van der Waals surface area contributed by atoms with Gasteiger partial charge in [0.05, 0.1) is 0 Å². The van der Waals surface area contributed by atoms with E-state index < -0.39 is 0 Å². The van der Waals surface area contributed by atoms with Gasteiger partial charge in [-0.05, 0) is 56.3 Å². The molecule has 1 aromatic carbocycles. The third-order valence-corrected chi connectivity index (χ3v) is 6.40. The second-order valence-electron chi connectivity index (χ2n) is 8.85. The molecule has 2 aliphatic heterocycles. The van der Waals surface area contributed by atoms with Gasteiger partial charge in [0.1, 0.15) is 12.4 Å². The summed E-state index contributed by atoms with van der Waals surface area (Å²) in [7, 11) is 3.97.